The summed E-state index contributed by atoms with van der Waals surface area (Å²) in [4.78, 5) is 23.4. The van der Waals surface area contributed by atoms with Gasteiger partial charge in [-0.2, -0.15) is 0 Å². The summed E-state index contributed by atoms with van der Waals surface area (Å²) in [7, 11) is 1.38. The Morgan fingerprint density at radius 3 is 2.62 bits per heavy atom. The maximum Gasteiger partial charge on any atom is 0.270 e. The van der Waals surface area contributed by atoms with Gasteiger partial charge in [0, 0.05) is 24.9 Å². The number of carbonyl (C=O) groups excluding carboxylic acids is 1. The Labute approximate surface area is 119 Å². The molecule has 0 radical (unpaired) electrons. The summed E-state index contributed by atoms with van der Waals surface area (Å²) in [6.45, 7) is 0. The maximum atomic E-state index is 13.2. The number of amides is 1. The summed E-state index contributed by atoms with van der Waals surface area (Å²) in [6.07, 6.45) is 0. The third kappa shape index (κ3) is 2.97. The zero-order chi connectivity index (χ0) is 15.6. The molecule has 2 aromatic rings. The summed E-state index contributed by atoms with van der Waals surface area (Å²) in [5, 5.41) is 20.4. The van der Waals surface area contributed by atoms with Crippen LogP contribution in [-0.2, 0) is 0 Å². The molecule has 6 nitrogen and oxygen atoms in total. The standard InChI is InChI=1S/C14H11FN2O4/c1-16(10-4-2-3-9(15)7-10)14(19)12-8-11(17(20)21)5-6-13(12)18/h2-8,18H,1H3. The first-order valence-corrected chi connectivity index (χ1v) is 5.91. The molecule has 0 unspecified atom stereocenters. The van der Waals surface area contributed by atoms with Gasteiger partial charge in [-0.15, -0.1) is 0 Å². The van der Waals surface area contributed by atoms with Gasteiger partial charge in [0.1, 0.15) is 11.6 Å². The van der Waals surface area contributed by atoms with Crippen molar-refractivity contribution in [1.29, 1.82) is 0 Å². The number of carbonyl (C=O) groups is 1. The van der Waals surface area contributed by atoms with E-state index in [2.05, 4.69) is 0 Å². The zero-order valence-corrected chi connectivity index (χ0v) is 11.0. The van der Waals surface area contributed by atoms with Gasteiger partial charge in [0.05, 0.1) is 10.5 Å². The molecular weight excluding hydrogens is 279 g/mol. The molecule has 0 aromatic heterocycles. The number of nitro groups is 1. The van der Waals surface area contributed by atoms with Gasteiger partial charge in [-0.25, -0.2) is 4.39 Å². The molecule has 0 aliphatic heterocycles. The average Bonchev–Trinajstić information content (AvgIpc) is 2.46. The summed E-state index contributed by atoms with van der Waals surface area (Å²) in [6, 6.07) is 8.46. The van der Waals surface area contributed by atoms with Crippen LogP contribution in [0.4, 0.5) is 15.8 Å². The van der Waals surface area contributed by atoms with Crippen LogP contribution in [0, 0.1) is 15.9 Å². The average molecular weight is 290 g/mol. The number of non-ortho nitro benzene ring substituents is 1. The molecule has 7 heteroatoms. The molecule has 21 heavy (non-hydrogen) atoms. The van der Waals surface area contributed by atoms with Crippen LogP contribution in [0.15, 0.2) is 42.5 Å². The molecule has 0 aliphatic rings. The van der Waals surface area contributed by atoms with Crippen molar-refractivity contribution in [3.63, 3.8) is 0 Å². The van der Waals surface area contributed by atoms with Gasteiger partial charge in [0.25, 0.3) is 11.6 Å². The van der Waals surface area contributed by atoms with Crippen molar-refractivity contribution in [3.05, 3.63) is 64.0 Å². The predicted molar refractivity (Wildman–Crippen MR) is 73.9 cm³/mol. The Hall–Kier alpha value is -2.96. The van der Waals surface area contributed by atoms with E-state index in [4.69, 9.17) is 0 Å². The lowest BCUT2D eigenvalue weighted by molar-refractivity contribution is -0.384. The van der Waals surface area contributed by atoms with Crippen LogP contribution in [-0.4, -0.2) is 23.0 Å². The number of aromatic hydroxyl groups is 1. The van der Waals surface area contributed by atoms with E-state index in [1.807, 2.05) is 0 Å². The second kappa shape index (κ2) is 5.58. The Morgan fingerprint density at radius 2 is 2.00 bits per heavy atom. The quantitative estimate of drug-likeness (QED) is 0.695. The molecule has 0 aliphatic carbocycles. The van der Waals surface area contributed by atoms with Crippen molar-refractivity contribution >= 4 is 17.3 Å². The van der Waals surface area contributed by atoms with Crippen molar-refractivity contribution in [2.24, 2.45) is 0 Å². The van der Waals surface area contributed by atoms with Gasteiger partial charge in [-0.1, -0.05) is 6.07 Å². The third-order valence-electron chi connectivity index (χ3n) is 2.92. The molecule has 108 valence electrons. The van der Waals surface area contributed by atoms with Gasteiger partial charge in [0.15, 0.2) is 0 Å². The lowest BCUT2D eigenvalue weighted by Gasteiger charge is -2.17. The number of phenols is 1. The normalized spacial score (nSPS) is 10.2. The van der Waals surface area contributed by atoms with E-state index in [1.165, 1.54) is 25.2 Å². The zero-order valence-electron chi connectivity index (χ0n) is 11.0. The molecule has 2 aromatic carbocycles. The van der Waals surface area contributed by atoms with Gasteiger partial charge >= 0.3 is 0 Å². The van der Waals surface area contributed by atoms with Gasteiger partial charge < -0.3 is 10.0 Å². The number of halogens is 1. The summed E-state index contributed by atoms with van der Waals surface area (Å²) in [5.74, 6) is -1.58. The van der Waals surface area contributed by atoms with Crippen molar-refractivity contribution in [3.8, 4) is 5.75 Å². The molecule has 0 atom stereocenters. The van der Waals surface area contributed by atoms with Gasteiger partial charge in [0.2, 0.25) is 0 Å². The lowest BCUT2D eigenvalue weighted by Crippen LogP contribution is -2.26. The summed E-state index contributed by atoms with van der Waals surface area (Å²) < 4.78 is 13.2. The molecule has 0 heterocycles. The summed E-state index contributed by atoms with van der Waals surface area (Å²) in [5.41, 5.74) is -0.273. The fourth-order valence-corrected chi connectivity index (χ4v) is 1.79. The maximum absolute atomic E-state index is 13.2. The van der Waals surface area contributed by atoms with Crippen LogP contribution < -0.4 is 4.90 Å². The molecule has 0 fully saturated rings. The van der Waals surface area contributed by atoms with Gasteiger partial charge in [-0.05, 0) is 24.3 Å². The monoisotopic (exact) mass is 290 g/mol. The molecule has 0 saturated carbocycles. The van der Waals surface area contributed by atoms with Crippen LogP contribution in [0.5, 0.6) is 5.75 Å². The van der Waals surface area contributed by atoms with E-state index >= 15 is 0 Å². The topological polar surface area (TPSA) is 83.7 Å². The number of phenolic OH excluding ortho intramolecular Hbond substituents is 1. The molecule has 0 bridgehead atoms. The number of benzene rings is 2. The lowest BCUT2D eigenvalue weighted by atomic mass is 10.1. The number of nitrogens with zero attached hydrogens (tertiary/aromatic N) is 2. The Balaban J connectivity index is 2.39. The van der Waals surface area contributed by atoms with Crippen molar-refractivity contribution < 1.29 is 19.2 Å². The first-order valence-electron chi connectivity index (χ1n) is 5.91. The number of hydrogen-bond acceptors (Lipinski definition) is 4. The minimum atomic E-state index is -0.679. The van der Waals surface area contributed by atoms with E-state index in [0.717, 1.165) is 29.2 Å². The highest BCUT2D eigenvalue weighted by Gasteiger charge is 2.20. The number of hydrogen-bond donors (Lipinski definition) is 1. The predicted octanol–water partition coefficient (Wildman–Crippen LogP) is 2.72. The fourth-order valence-electron chi connectivity index (χ4n) is 1.79. The summed E-state index contributed by atoms with van der Waals surface area (Å²) >= 11 is 0. The van der Waals surface area contributed by atoms with E-state index < -0.39 is 16.6 Å². The Bertz CT molecular complexity index is 718. The Morgan fingerprint density at radius 1 is 1.29 bits per heavy atom. The smallest absolute Gasteiger partial charge is 0.270 e. The first-order chi connectivity index (χ1) is 9.90. The minimum Gasteiger partial charge on any atom is -0.507 e. The fraction of sp³-hybridized carbons (Fsp3) is 0.0714. The van der Waals surface area contributed by atoms with Gasteiger partial charge in [-0.3, -0.25) is 14.9 Å². The highest BCUT2D eigenvalue weighted by atomic mass is 19.1. The molecule has 0 spiro atoms. The molecular formula is C14H11FN2O4. The van der Waals surface area contributed by atoms with Crippen LogP contribution in [0.2, 0.25) is 0 Å². The largest absolute Gasteiger partial charge is 0.507 e. The van der Waals surface area contributed by atoms with Crippen molar-refractivity contribution in [2.75, 3.05) is 11.9 Å². The van der Waals surface area contributed by atoms with Crippen LogP contribution >= 0.6 is 0 Å². The van der Waals surface area contributed by atoms with Crippen molar-refractivity contribution in [1.82, 2.24) is 0 Å². The highest BCUT2D eigenvalue weighted by molar-refractivity contribution is 6.07. The first kappa shape index (κ1) is 14.4. The van der Waals surface area contributed by atoms with Crippen LogP contribution in [0.25, 0.3) is 0 Å². The minimum absolute atomic E-state index is 0.226. The highest BCUT2D eigenvalue weighted by Crippen LogP contribution is 2.26. The Kier molecular flexibility index (Phi) is 3.84. The second-order valence-electron chi connectivity index (χ2n) is 4.30. The van der Waals surface area contributed by atoms with Crippen molar-refractivity contribution in [2.45, 2.75) is 0 Å². The number of nitro benzene ring substituents is 1. The molecule has 0 saturated heterocycles. The molecule has 2 rings (SSSR count). The van der Waals surface area contributed by atoms with E-state index in [-0.39, 0.29) is 22.7 Å². The SMILES string of the molecule is CN(C(=O)c1cc([N+](=O)[O-])ccc1O)c1cccc(F)c1. The van der Waals surface area contributed by atoms with Crippen LogP contribution in [0.3, 0.4) is 0 Å². The van der Waals surface area contributed by atoms with E-state index in [1.54, 1.807) is 0 Å². The second-order valence-corrected chi connectivity index (χ2v) is 4.30. The molecule has 1 N–H and O–H groups in total. The third-order valence-corrected chi connectivity index (χ3v) is 2.92. The van der Waals surface area contributed by atoms with E-state index in [0.29, 0.717) is 0 Å². The van der Waals surface area contributed by atoms with Crippen LogP contribution in [0.1, 0.15) is 10.4 Å². The molecule has 1 amide bonds. The van der Waals surface area contributed by atoms with E-state index in [9.17, 15) is 24.4 Å². The number of rotatable bonds is 3. The number of anilines is 1.